The quantitative estimate of drug-likeness (QED) is 0.624. The SMILES string of the molecule is N[C@@]1(Cc2cc(F)c(F)cc2F)CC(N2CCn3c(nnc3C(F)(F)F)C2)O1. The Bertz CT molecular complexity index is 908. The molecule has 0 bridgehead atoms. The van der Waals surface area contributed by atoms with Crippen LogP contribution in [0, 0.1) is 17.5 Å². The number of hydrogen-bond acceptors (Lipinski definition) is 5. The number of fused-ring (bicyclic) bond motifs is 1. The molecular weight excluding hydrogens is 392 g/mol. The smallest absolute Gasteiger partial charge is 0.342 e. The molecule has 1 aromatic carbocycles. The highest BCUT2D eigenvalue weighted by Gasteiger charge is 2.47. The maximum absolute atomic E-state index is 13.8. The van der Waals surface area contributed by atoms with Gasteiger partial charge in [0.1, 0.15) is 23.6 Å². The van der Waals surface area contributed by atoms with Crippen molar-refractivity contribution in [1.82, 2.24) is 19.7 Å². The normalized spacial score (nSPS) is 25.5. The first-order valence-corrected chi connectivity index (χ1v) is 8.39. The van der Waals surface area contributed by atoms with Crippen molar-refractivity contribution in [1.29, 1.82) is 0 Å². The summed E-state index contributed by atoms with van der Waals surface area (Å²) in [7, 11) is 0. The molecule has 2 aliphatic rings. The van der Waals surface area contributed by atoms with Crippen LogP contribution < -0.4 is 5.73 Å². The van der Waals surface area contributed by atoms with Crippen LogP contribution >= 0.6 is 0 Å². The van der Waals surface area contributed by atoms with Crippen molar-refractivity contribution >= 4 is 0 Å². The second kappa shape index (κ2) is 6.42. The van der Waals surface area contributed by atoms with E-state index in [-0.39, 0.29) is 43.9 Å². The highest BCUT2D eigenvalue weighted by Crippen LogP contribution is 2.36. The van der Waals surface area contributed by atoms with Crippen molar-refractivity contribution in [3.8, 4) is 0 Å². The Balaban J connectivity index is 1.40. The van der Waals surface area contributed by atoms with Gasteiger partial charge < -0.3 is 15.0 Å². The molecule has 0 amide bonds. The molecule has 28 heavy (non-hydrogen) atoms. The van der Waals surface area contributed by atoms with Gasteiger partial charge in [0.05, 0.1) is 6.54 Å². The van der Waals surface area contributed by atoms with E-state index in [0.29, 0.717) is 6.07 Å². The number of benzene rings is 1. The summed E-state index contributed by atoms with van der Waals surface area (Å²) in [5.74, 6) is -4.30. The first kappa shape index (κ1) is 19.2. The van der Waals surface area contributed by atoms with Gasteiger partial charge in [0.25, 0.3) is 0 Å². The molecule has 152 valence electrons. The Kier molecular flexibility index (Phi) is 4.39. The van der Waals surface area contributed by atoms with Gasteiger partial charge in [-0.25, -0.2) is 13.2 Å². The molecule has 2 aliphatic heterocycles. The van der Waals surface area contributed by atoms with Crippen molar-refractivity contribution in [3.63, 3.8) is 0 Å². The summed E-state index contributed by atoms with van der Waals surface area (Å²) in [5, 5.41) is 6.79. The molecule has 0 saturated carbocycles. The number of aromatic nitrogens is 3. The summed E-state index contributed by atoms with van der Waals surface area (Å²) in [6.07, 6.45) is -5.01. The van der Waals surface area contributed by atoms with Gasteiger partial charge in [0.2, 0.25) is 5.82 Å². The van der Waals surface area contributed by atoms with Gasteiger partial charge in [0, 0.05) is 32.0 Å². The molecule has 12 heteroatoms. The van der Waals surface area contributed by atoms with E-state index in [9.17, 15) is 26.3 Å². The zero-order valence-corrected chi connectivity index (χ0v) is 14.3. The molecule has 1 aromatic heterocycles. The first-order valence-electron chi connectivity index (χ1n) is 8.39. The Labute approximate surface area is 154 Å². The van der Waals surface area contributed by atoms with Crippen LogP contribution in [0.1, 0.15) is 23.6 Å². The molecular formula is C16H15F6N5O. The maximum Gasteiger partial charge on any atom is 0.451 e. The molecule has 0 radical (unpaired) electrons. The third kappa shape index (κ3) is 3.35. The molecule has 1 saturated heterocycles. The van der Waals surface area contributed by atoms with Crippen molar-refractivity contribution in [2.24, 2.45) is 5.73 Å². The third-order valence-electron chi connectivity index (χ3n) is 4.91. The average Bonchev–Trinajstić information content (AvgIpc) is 3.00. The van der Waals surface area contributed by atoms with Crippen LogP contribution in [0.2, 0.25) is 0 Å². The minimum atomic E-state index is -4.58. The van der Waals surface area contributed by atoms with E-state index in [1.807, 2.05) is 0 Å². The highest BCUT2D eigenvalue weighted by molar-refractivity contribution is 5.22. The maximum atomic E-state index is 13.8. The average molecular weight is 407 g/mol. The minimum absolute atomic E-state index is 0.0341. The molecule has 0 spiro atoms. The second-order valence-electron chi connectivity index (χ2n) is 6.94. The highest BCUT2D eigenvalue weighted by atomic mass is 19.4. The van der Waals surface area contributed by atoms with E-state index in [0.717, 1.165) is 10.6 Å². The van der Waals surface area contributed by atoms with Crippen molar-refractivity contribution < 1.29 is 31.1 Å². The minimum Gasteiger partial charge on any atom is -0.342 e. The van der Waals surface area contributed by atoms with Crippen molar-refractivity contribution in [3.05, 3.63) is 46.8 Å². The fraction of sp³-hybridized carbons (Fsp3) is 0.500. The van der Waals surface area contributed by atoms with Crippen molar-refractivity contribution in [2.45, 2.75) is 44.1 Å². The molecule has 2 aromatic rings. The number of hydrogen-bond donors (Lipinski definition) is 1. The van der Waals surface area contributed by atoms with E-state index in [1.165, 1.54) is 0 Å². The monoisotopic (exact) mass is 407 g/mol. The second-order valence-corrected chi connectivity index (χ2v) is 6.94. The summed E-state index contributed by atoms with van der Waals surface area (Å²) in [6, 6.07) is 1.18. The van der Waals surface area contributed by atoms with E-state index < -0.39 is 41.4 Å². The summed E-state index contributed by atoms with van der Waals surface area (Å²) in [4.78, 5) is 1.75. The van der Waals surface area contributed by atoms with Gasteiger partial charge in [-0.3, -0.25) is 4.90 Å². The van der Waals surface area contributed by atoms with Gasteiger partial charge in [-0.15, -0.1) is 10.2 Å². The van der Waals surface area contributed by atoms with E-state index in [1.54, 1.807) is 4.90 Å². The number of halogens is 6. The summed E-state index contributed by atoms with van der Waals surface area (Å²) in [6.45, 7) is 0.379. The van der Waals surface area contributed by atoms with Crippen LogP contribution in [0.3, 0.4) is 0 Å². The van der Waals surface area contributed by atoms with Crippen LogP contribution in [0.5, 0.6) is 0 Å². The van der Waals surface area contributed by atoms with Crippen LogP contribution in [0.25, 0.3) is 0 Å². The molecule has 3 heterocycles. The number of rotatable bonds is 3. The van der Waals surface area contributed by atoms with Crippen LogP contribution in [0.15, 0.2) is 12.1 Å². The standard InChI is InChI=1S/C16H15F6N5O/c17-9-4-11(19)10(18)3-8(9)5-15(23)6-13(28-15)26-1-2-27-12(7-26)24-25-14(27)16(20,21)22/h3-4,13H,1-2,5-7,23H2/t13?,15-/m1/s1. The predicted molar refractivity (Wildman–Crippen MR) is 81.9 cm³/mol. The van der Waals surface area contributed by atoms with E-state index in [2.05, 4.69) is 10.2 Å². The zero-order chi connectivity index (χ0) is 20.3. The lowest BCUT2D eigenvalue weighted by Gasteiger charge is -2.50. The van der Waals surface area contributed by atoms with Gasteiger partial charge in [-0.2, -0.15) is 13.2 Å². The largest absolute Gasteiger partial charge is 0.451 e. The van der Waals surface area contributed by atoms with E-state index >= 15 is 0 Å². The number of ether oxygens (including phenoxy) is 1. The zero-order valence-electron chi connectivity index (χ0n) is 14.3. The number of nitrogens with two attached hydrogens (primary N) is 1. The molecule has 0 aliphatic carbocycles. The lowest BCUT2D eigenvalue weighted by Crippen LogP contribution is -2.64. The Morgan fingerprint density at radius 2 is 1.79 bits per heavy atom. The lowest BCUT2D eigenvalue weighted by molar-refractivity contribution is -0.263. The van der Waals surface area contributed by atoms with Gasteiger partial charge in [-0.1, -0.05) is 0 Å². The van der Waals surface area contributed by atoms with Gasteiger partial charge in [0.15, 0.2) is 11.6 Å². The molecule has 2 atom stereocenters. The summed E-state index contributed by atoms with van der Waals surface area (Å²) < 4.78 is 85.4. The van der Waals surface area contributed by atoms with Crippen LogP contribution in [-0.2, 0) is 30.4 Å². The molecule has 6 nitrogen and oxygen atoms in total. The third-order valence-corrected chi connectivity index (χ3v) is 4.91. The van der Waals surface area contributed by atoms with Crippen LogP contribution in [0.4, 0.5) is 26.3 Å². The summed E-state index contributed by atoms with van der Waals surface area (Å²) >= 11 is 0. The van der Waals surface area contributed by atoms with Crippen LogP contribution in [-0.4, -0.2) is 38.2 Å². The Morgan fingerprint density at radius 1 is 1.11 bits per heavy atom. The molecule has 1 fully saturated rings. The Hall–Kier alpha value is -2.18. The Morgan fingerprint density at radius 3 is 2.46 bits per heavy atom. The number of nitrogens with zero attached hydrogens (tertiary/aromatic N) is 4. The van der Waals surface area contributed by atoms with Crippen molar-refractivity contribution in [2.75, 3.05) is 6.54 Å². The molecule has 1 unspecified atom stereocenters. The lowest BCUT2D eigenvalue weighted by atomic mass is 9.93. The molecule has 4 rings (SSSR count). The fourth-order valence-corrected chi connectivity index (χ4v) is 3.53. The topological polar surface area (TPSA) is 69.2 Å². The molecule has 2 N–H and O–H groups in total. The summed E-state index contributed by atoms with van der Waals surface area (Å²) in [5.41, 5.74) is 4.63. The van der Waals surface area contributed by atoms with Gasteiger partial charge >= 0.3 is 6.18 Å². The van der Waals surface area contributed by atoms with E-state index in [4.69, 9.17) is 10.5 Å². The predicted octanol–water partition coefficient (Wildman–Crippen LogP) is 2.17. The fourth-order valence-electron chi connectivity index (χ4n) is 3.53. The first-order chi connectivity index (χ1) is 13.1. The number of alkyl halides is 3. The van der Waals surface area contributed by atoms with Gasteiger partial charge in [-0.05, 0) is 11.6 Å².